The van der Waals surface area contributed by atoms with Crippen molar-refractivity contribution in [3.63, 3.8) is 0 Å². The van der Waals surface area contributed by atoms with Crippen LogP contribution in [0.4, 0.5) is 0 Å². The van der Waals surface area contributed by atoms with Gasteiger partial charge in [0.05, 0.1) is 5.92 Å². The summed E-state index contributed by atoms with van der Waals surface area (Å²) in [5.41, 5.74) is 0.863. The first-order valence-corrected chi connectivity index (χ1v) is 7.30. The molecule has 0 aromatic carbocycles. The fourth-order valence-corrected chi connectivity index (χ4v) is 2.19. The summed E-state index contributed by atoms with van der Waals surface area (Å²) in [6, 6.07) is 1.87. The van der Waals surface area contributed by atoms with Crippen molar-refractivity contribution in [1.29, 1.82) is 0 Å². The van der Waals surface area contributed by atoms with Crippen LogP contribution < -0.4 is 5.32 Å². The SMILES string of the molecule is CC(CCNC(=O)Cn1nnc(-c2ccsc2)n1)C(=O)O. The summed E-state index contributed by atoms with van der Waals surface area (Å²) >= 11 is 1.53. The lowest BCUT2D eigenvalue weighted by Crippen LogP contribution is -2.30. The van der Waals surface area contributed by atoms with Crippen LogP contribution in [0.5, 0.6) is 0 Å². The number of rotatable bonds is 7. The van der Waals surface area contributed by atoms with Gasteiger partial charge in [0.15, 0.2) is 0 Å². The van der Waals surface area contributed by atoms with Crippen LogP contribution in [0.1, 0.15) is 13.3 Å². The molecule has 1 atom stereocenters. The normalized spacial score (nSPS) is 12.0. The summed E-state index contributed by atoms with van der Waals surface area (Å²) < 4.78 is 0. The minimum absolute atomic E-state index is 0.0431. The van der Waals surface area contributed by atoms with E-state index in [1.165, 1.54) is 16.1 Å². The molecule has 0 saturated heterocycles. The molecule has 8 nitrogen and oxygen atoms in total. The maximum absolute atomic E-state index is 11.7. The van der Waals surface area contributed by atoms with Crippen molar-refractivity contribution in [2.24, 2.45) is 5.92 Å². The minimum Gasteiger partial charge on any atom is -0.481 e. The van der Waals surface area contributed by atoms with Crippen molar-refractivity contribution >= 4 is 23.2 Å². The average Bonchev–Trinajstić information content (AvgIpc) is 3.08. The van der Waals surface area contributed by atoms with Crippen molar-refractivity contribution in [2.45, 2.75) is 19.9 Å². The molecular formula is C12H15N5O3S. The van der Waals surface area contributed by atoms with Crippen LogP contribution in [-0.2, 0) is 16.1 Å². The second-order valence-corrected chi connectivity index (χ2v) is 5.31. The predicted octanol–water partition coefficient (Wildman–Crippen LogP) is 0.629. The molecule has 2 heterocycles. The van der Waals surface area contributed by atoms with E-state index >= 15 is 0 Å². The number of carbonyl (C=O) groups is 2. The summed E-state index contributed by atoms with van der Waals surface area (Å²) in [6.07, 6.45) is 0.381. The van der Waals surface area contributed by atoms with Gasteiger partial charge in [-0.15, -0.1) is 10.2 Å². The van der Waals surface area contributed by atoms with E-state index in [0.29, 0.717) is 18.8 Å². The van der Waals surface area contributed by atoms with Crippen LogP contribution >= 0.6 is 11.3 Å². The maximum Gasteiger partial charge on any atom is 0.306 e. The van der Waals surface area contributed by atoms with Crippen LogP contribution in [0.3, 0.4) is 0 Å². The predicted molar refractivity (Wildman–Crippen MR) is 75.6 cm³/mol. The number of amides is 1. The number of carboxylic acid groups (broad SMARTS) is 1. The molecule has 2 aromatic heterocycles. The Hall–Kier alpha value is -2.29. The summed E-state index contributed by atoms with van der Waals surface area (Å²) in [7, 11) is 0. The van der Waals surface area contributed by atoms with Crippen molar-refractivity contribution in [1.82, 2.24) is 25.5 Å². The molecule has 1 unspecified atom stereocenters. The summed E-state index contributed by atoms with van der Waals surface area (Å²) in [4.78, 5) is 23.5. The highest BCUT2D eigenvalue weighted by molar-refractivity contribution is 7.08. The van der Waals surface area contributed by atoms with E-state index in [1.54, 1.807) is 6.92 Å². The largest absolute Gasteiger partial charge is 0.481 e. The first-order chi connectivity index (χ1) is 10.1. The van der Waals surface area contributed by atoms with Gasteiger partial charge >= 0.3 is 5.97 Å². The summed E-state index contributed by atoms with van der Waals surface area (Å²) in [6.45, 7) is 1.86. The Labute approximate surface area is 124 Å². The Morgan fingerprint density at radius 3 is 3.00 bits per heavy atom. The van der Waals surface area contributed by atoms with E-state index in [9.17, 15) is 9.59 Å². The molecule has 9 heteroatoms. The second kappa shape index (κ2) is 6.93. The third kappa shape index (κ3) is 4.35. The summed E-state index contributed by atoms with van der Waals surface area (Å²) in [5.74, 6) is -1.16. The highest BCUT2D eigenvalue weighted by atomic mass is 32.1. The fourth-order valence-electron chi connectivity index (χ4n) is 1.55. The number of carbonyl (C=O) groups excluding carboxylic acids is 1. The summed E-state index contributed by atoms with van der Waals surface area (Å²) in [5, 5.41) is 27.0. The zero-order valence-electron chi connectivity index (χ0n) is 11.4. The molecule has 1 amide bonds. The molecule has 2 rings (SSSR count). The molecule has 0 radical (unpaired) electrons. The number of carboxylic acids is 1. The molecule has 0 saturated carbocycles. The van der Waals surface area contributed by atoms with E-state index < -0.39 is 11.9 Å². The van der Waals surface area contributed by atoms with Crippen LogP contribution in [0.15, 0.2) is 16.8 Å². The Bertz CT molecular complexity index is 610. The number of thiophene rings is 1. The lowest BCUT2D eigenvalue weighted by Gasteiger charge is -2.07. The monoisotopic (exact) mass is 309 g/mol. The van der Waals surface area contributed by atoms with Crippen molar-refractivity contribution in [3.05, 3.63) is 16.8 Å². The number of hydrogen-bond donors (Lipinski definition) is 2. The topological polar surface area (TPSA) is 110 Å². The lowest BCUT2D eigenvalue weighted by molar-refractivity contribution is -0.141. The Kier molecular flexibility index (Phi) is 4.99. The quantitative estimate of drug-likeness (QED) is 0.776. The number of nitrogens with zero attached hydrogens (tertiary/aromatic N) is 4. The zero-order valence-corrected chi connectivity index (χ0v) is 12.2. The Morgan fingerprint density at radius 2 is 2.33 bits per heavy atom. The van der Waals surface area contributed by atoms with E-state index in [0.717, 1.165) is 5.56 Å². The molecule has 0 spiro atoms. The number of tetrazole rings is 1. The standard InChI is InChI=1S/C12H15N5O3S/c1-8(12(19)20)2-4-13-10(18)6-17-15-11(14-16-17)9-3-5-21-7-9/h3,5,7-8H,2,4,6H2,1H3,(H,13,18)(H,19,20). The zero-order chi connectivity index (χ0) is 15.2. The number of nitrogens with one attached hydrogen (secondary N) is 1. The number of aliphatic carboxylic acids is 1. The van der Waals surface area contributed by atoms with E-state index in [2.05, 4.69) is 20.7 Å². The molecular weight excluding hydrogens is 294 g/mol. The molecule has 112 valence electrons. The molecule has 0 aliphatic heterocycles. The van der Waals surface area contributed by atoms with Gasteiger partial charge in [-0.25, -0.2) is 0 Å². The second-order valence-electron chi connectivity index (χ2n) is 4.53. The van der Waals surface area contributed by atoms with Crippen LogP contribution in [0, 0.1) is 5.92 Å². The van der Waals surface area contributed by atoms with Gasteiger partial charge in [0.1, 0.15) is 6.54 Å². The number of aromatic nitrogens is 4. The Balaban J connectivity index is 1.79. The first-order valence-electron chi connectivity index (χ1n) is 6.36. The highest BCUT2D eigenvalue weighted by Crippen LogP contribution is 2.16. The molecule has 0 aliphatic carbocycles. The van der Waals surface area contributed by atoms with Gasteiger partial charge in [0.2, 0.25) is 11.7 Å². The smallest absolute Gasteiger partial charge is 0.306 e. The van der Waals surface area contributed by atoms with Crippen LogP contribution in [0.2, 0.25) is 0 Å². The van der Waals surface area contributed by atoms with Gasteiger partial charge in [0.25, 0.3) is 0 Å². The van der Waals surface area contributed by atoms with Gasteiger partial charge in [-0.1, -0.05) is 6.92 Å². The molecule has 0 fully saturated rings. The van der Waals surface area contributed by atoms with Crippen molar-refractivity contribution < 1.29 is 14.7 Å². The van der Waals surface area contributed by atoms with E-state index in [4.69, 9.17) is 5.11 Å². The van der Waals surface area contributed by atoms with Crippen molar-refractivity contribution in [2.75, 3.05) is 6.54 Å². The molecule has 2 N–H and O–H groups in total. The van der Waals surface area contributed by atoms with Crippen LogP contribution in [-0.4, -0.2) is 43.7 Å². The third-order valence-corrected chi connectivity index (χ3v) is 3.52. The van der Waals surface area contributed by atoms with Crippen LogP contribution in [0.25, 0.3) is 11.4 Å². The van der Waals surface area contributed by atoms with Gasteiger partial charge in [-0.3, -0.25) is 9.59 Å². The van der Waals surface area contributed by atoms with Gasteiger partial charge in [-0.05, 0) is 23.1 Å². The lowest BCUT2D eigenvalue weighted by atomic mass is 10.1. The van der Waals surface area contributed by atoms with Crippen molar-refractivity contribution in [3.8, 4) is 11.4 Å². The van der Waals surface area contributed by atoms with Gasteiger partial charge in [0, 0.05) is 17.5 Å². The van der Waals surface area contributed by atoms with E-state index in [1.807, 2.05) is 16.8 Å². The molecule has 0 aliphatic rings. The number of hydrogen-bond acceptors (Lipinski definition) is 6. The maximum atomic E-state index is 11.7. The fraction of sp³-hybridized carbons (Fsp3) is 0.417. The van der Waals surface area contributed by atoms with Gasteiger partial charge < -0.3 is 10.4 Å². The minimum atomic E-state index is -0.873. The van der Waals surface area contributed by atoms with E-state index in [-0.39, 0.29) is 12.5 Å². The average molecular weight is 309 g/mol. The first kappa shape index (κ1) is 15.1. The molecule has 0 bridgehead atoms. The molecule has 21 heavy (non-hydrogen) atoms. The Morgan fingerprint density at radius 1 is 1.52 bits per heavy atom. The molecule has 2 aromatic rings. The highest BCUT2D eigenvalue weighted by Gasteiger charge is 2.12. The van der Waals surface area contributed by atoms with Gasteiger partial charge in [-0.2, -0.15) is 16.1 Å². The third-order valence-electron chi connectivity index (χ3n) is 2.84.